The van der Waals surface area contributed by atoms with Gasteiger partial charge in [0.1, 0.15) is 17.5 Å². The second-order valence-electron chi connectivity index (χ2n) is 13.0. The van der Waals surface area contributed by atoms with Crippen molar-refractivity contribution in [2.45, 2.75) is 45.3 Å². The molecule has 0 saturated carbocycles. The molecule has 7 rings (SSSR count). The molecule has 49 heavy (non-hydrogen) atoms. The lowest BCUT2D eigenvalue weighted by Crippen LogP contribution is -2.52. The van der Waals surface area contributed by atoms with E-state index in [0.717, 1.165) is 78.1 Å². The predicted octanol–water partition coefficient (Wildman–Crippen LogP) is 5.55. The Kier molecular flexibility index (Phi) is 8.93. The molecule has 3 N–H and O–H groups in total. The third-order valence-corrected chi connectivity index (χ3v) is 9.91. The van der Waals surface area contributed by atoms with Crippen molar-refractivity contribution in [1.29, 1.82) is 0 Å². The molecule has 4 aromatic carbocycles. The zero-order valence-electron chi connectivity index (χ0n) is 27.6. The van der Waals surface area contributed by atoms with Gasteiger partial charge in [-0.05, 0) is 94.3 Å². The first-order valence-corrected chi connectivity index (χ1v) is 16.9. The lowest BCUT2D eigenvalue weighted by molar-refractivity contribution is -0.136. The second-order valence-corrected chi connectivity index (χ2v) is 13.0. The van der Waals surface area contributed by atoms with Crippen LogP contribution in [-0.2, 0) is 22.7 Å². The molecule has 3 aliphatic heterocycles. The molecule has 0 aromatic heterocycles. The van der Waals surface area contributed by atoms with Crippen LogP contribution in [0.25, 0.3) is 11.1 Å². The van der Waals surface area contributed by atoms with Crippen molar-refractivity contribution in [3.05, 3.63) is 124 Å². The van der Waals surface area contributed by atoms with Crippen LogP contribution in [0.4, 0.5) is 5.69 Å². The van der Waals surface area contributed by atoms with Crippen molar-refractivity contribution in [3.8, 4) is 11.5 Å². The third kappa shape index (κ3) is 6.67. The second kappa shape index (κ2) is 13.6. The van der Waals surface area contributed by atoms with Crippen molar-refractivity contribution >= 4 is 34.6 Å². The maximum atomic E-state index is 13.1. The number of imide groups is 1. The topological polar surface area (TPSA) is 113 Å². The molecule has 0 bridgehead atoms. The molecular formula is C40H40N4O5. The molecule has 9 heteroatoms. The minimum absolute atomic E-state index is 0.146. The molecule has 9 nitrogen and oxygen atoms in total. The third-order valence-electron chi connectivity index (χ3n) is 9.91. The first kappa shape index (κ1) is 32.2. The van der Waals surface area contributed by atoms with Crippen LogP contribution in [0.15, 0.2) is 91.0 Å². The summed E-state index contributed by atoms with van der Waals surface area (Å²) in [5.74, 6) is -0.360. The number of allylic oxidation sites excluding steroid dienone is 1. The number of carbonyl (C=O) groups is 3. The molecule has 2 saturated heterocycles. The molecule has 0 spiro atoms. The first-order chi connectivity index (χ1) is 23.8. The number of anilines is 1. The van der Waals surface area contributed by atoms with Gasteiger partial charge in [0.15, 0.2) is 0 Å². The van der Waals surface area contributed by atoms with E-state index in [9.17, 15) is 24.6 Å². The van der Waals surface area contributed by atoms with Gasteiger partial charge in [-0.3, -0.25) is 24.6 Å². The van der Waals surface area contributed by atoms with Gasteiger partial charge in [-0.15, -0.1) is 0 Å². The van der Waals surface area contributed by atoms with E-state index >= 15 is 0 Å². The number of nitrogens with one attached hydrogen (secondary N) is 1. The number of carbonyl (C=O) groups excluding carboxylic acids is 3. The number of benzene rings is 4. The summed E-state index contributed by atoms with van der Waals surface area (Å²) in [7, 11) is 0. The van der Waals surface area contributed by atoms with E-state index in [4.69, 9.17) is 0 Å². The number of amides is 3. The SMILES string of the molecule is CCC(=C(c1ccc(O)cc1)c1ccc(N2CCN(Cc3ccc4c(c3)CN(C3CCC(=O)NC3=O)C4=O)CC2)cc1)c1ccc(O)cc1. The van der Waals surface area contributed by atoms with Crippen LogP contribution < -0.4 is 10.2 Å². The van der Waals surface area contributed by atoms with Gasteiger partial charge >= 0.3 is 0 Å². The van der Waals surface area contributed by atoms with Crippen LogP contribution in [0.1, 0.15) is 64.4 Å². The van der Waals surface area contributed by atoms with Crippen LogP contribution in [0, 0.1) is 0 Å². The van der Waals surface area contributed by atoms with Gasteiger partial charge in [-0.25, -0.2) is 0 Å². The monoisotopic (exact) mass is 656 g/mol. The molecule has 1 atom stereocenters. The number of rotatable bonds is 8. The quantitative estimate of drug-likeness (QED) is 0.168. The van der Waals surface area contributed by atoms with E-state index in [1.54, 1.807) is 29.2 Å². The smallest absolute Gasteiger partial charge is 0.255 e. The van der Waals surface area contributed by atoms with Crippen LogP contribution in [-0.4, -0.2) is 70.0 Å². The van der Waals surface area contributed by atoms with Crippen LogP contribution in [0.2, 0.25) is 0 Å². The maximum Gasteiger partial charge on any atom is 0.255 e. The standard InChI is InChI=1S/C40H40N4O5/c1-2-34(27-6-12-32(45)13-7-27)38(29-8-14-33(46)15-9-29)28-4-10-31(11-5-28)43-21-19-42(20-22-43)24-26-3-16-35-30(23-26)25-44(40(35)49)36-17-18-37(47)41-39(36)48/h3-16,23,36,45-46H,2,17-22,24-25H2,1H3,(H,41,47,48). The highest BCUT2D eigenvalue weighted by atomic mass is 16.3. The number of phenolic OH excluding ortho intramolecular Hbond substituents is 2. The van der Waals surface area contributed by atoms with Crippen LogP contribution in [0.5, 0.6) is 11.5 Å². The Labute approximate surface area is 286 Å². The Morgan fingerprint density at radius 2 is 1.39 bits per heavy atom. The highest BCUT2D eigenvalue weighted by molar-refractivity contribution is 6.05. The normalized spacial score (nSPS) is 18.7. The minimum atomic E-state index is -0.605. The summed E-state index contributed by atoms with van der Waals surface area (Å²) < 4.78 is 0. The van der Waals surface area contributed by atoms with Gasteiger partial charge in [-0.2, -0.15) is 0 Å². The Morgan fingerprint density at radius 3 is 2.00 bits per heavy atom. The summed E-state index contributed by atoms with van der Waals surface area (Å²) in [6, 6.07) is 28.7. The zero-order chi connectivity index (χ0) is 34.1. The molecule has 4 aromatic rings. The fraction of sp³-hybridized carbons (Fsp3) is 0.275. The lowest BCUT2D eigenvalue weighted by atomic mass is 9.88. The summed E-state index contributed by atoms with van der Waals surface area (Å²) in [6.45, 7) is 6.88. The first-order valence-electron chi connectivity index (χ1n) is 16.9. The van der Waals surface area contributed by atoms with Gasteiger partial charge in [0, 0.05) is 56.9 Å². The number of phenols is 2. The number of hydrogen-bond acceptors (Lipinski definition) is 7. The highest BCUT2D eigenvalue weighted by Crippen LogP contribution is 2.36. The van der Waals surface area contributed by atoms with Crippen molar-refractivity contribution in [3.63, 3.8) is 0 Å². The molecule has 1 unspecified atom stereocenters. The molecule has 3 heterocycles. The van der Waals surface area contributed by atoms with Gasteiger partial charge in [0.2, 0.25) is 11.8 Å². The van der Waals surface area contributed by atoms with Crippen molar-refractivity contribution in [2.24, 2.45) is 0 Å². The minimum Gasteiger partial charge on any atom is -0.508 e. The predicted molar refractivity (Wildman–Crippen MR) is 189 cm³/mol. The Balaban J connectivity index is 1.02. The molecule has 0 radical (unpaired) electrons. The molecule has 2 fully saturated rings. The zero-order valence-corrected chi connectivity index (χ0v) is 27.6. The number of nitrogens with zero attached hydrogens (tertiary/aromatic N) is 3. The summed E-state index contributed by atoms with van der Waals surface area (Å²) in [4.78, 5) is 43.5. The molecule has 3 aliphatic rings. The van der Waals surface area contributed by atoms with Crippen molar-refractivity contribution in [1.82, 2.24) is 15.1 Å². The number of piperidine rings is 1. The fourth-order valence-electron chi connectivity index (χ4n) is 7.32. The molecule has 3 amide bonds. The molecular weight excluding hydrogens is 616 g/mol. The van der Waals surface area contributed by atoms with Crippen LogP contribution >= 0.6 is 0 Å². The van der Waals surface area contributed by atoms with Crippen molar-refractivity contribution in [2.75, 3.05) is 31.1 Å². The van der Waals surface area contributed by atoms with Gasteiger partial charge in [-0.1, -0.05) is 55.5 Å². The highest BCUT2D eigenvalue weighted by Gasteiger charge is 2.39. The molecule has 250 valence electrons. The van der Waals surface area contributed by atoms with E-state index < -0.39 is 6.04 Å². The molecule has 0 aliphatic carbocycles. The fourth-order valence-corrected chi connectivity index (χ4v) is 7.32. The van der Waals surface area contributed by atoms with E-state index in [0.29, 0.717) is 18.5 Å². The maximum absolute atomic E-state index is 13.1. The van der Waals surface area contributed by atoms with E-state index in [2.05, 4.69) is 52.4 Å². The Morgan fingerprint density at radius 1 is 0.776 bits per heavy atom. The Hall–Kier alpha value is -5.41. The largest absolute Gasteiger partial charge is 0.508 e. The summed E-state index contributed by atoms with van der Waals surface area (Å²) in [5.41, 5.74) is 9.29. The van der Waals surface area contributed by atoms with Crippen molar-refractivity contribution < 1.29 is 24.6 Å². The number of piperazine rings is 1. The summed E-state index contributed by atoms with van der Waals surface area (Å²) in [5, 5.41) is 22.2. The summed E-state index contributed by atoms with van der Waals surface area (Å²) >= 11 is 0. The number of hydrogen-bond donors (Lipinski definition) is 3. The van der Waals surface area contributed by atoms with E-state index in [1.807, 2.05) is 36.4 Å². The average molecular weight is 657 g/mol. The Bertz CT molecular complexity index is 1910. The number of fused-ring (bicyclic) bond motifs is 1. The lowest BCUT2D eigenvalue weighted by Gasteiger charge is -2.36. The number of aromatic hydroxyl groups is 2. The van der Waals surface area contributed by atoms with E-state index in [-0.39, 0.29) is 35.6 Å². The van der Waals surface area contributed by atoms with Gasteiger partial charge in [0.05, 0.1) is 0 Å². The van der Waals surface area contributed by atoms with Gasteiger partial charge in [0.25, 0.3) is 5.91 Å². The van der Waals surface area contributed by atoms with E-state index in [1.165, 1.54) is 5.69 Å². The van der Waals surface area contributed by atoms with Crippen LogP contribution in [0.3, 0.4) is 0 Å². The average Bonchev–Trinajstić information content (AvgIpc) is 3.43. The summed E-state index contributed by atoms with van der Waals surface area (Å²) in [6.07, 6.45) is 1.40. The van der Waals surface area contributed by atoms with Gasteiger partial charge < -0.3 is 20.0 Å².